The van der Waals surface area contributed by atoms with Crippen LogP contribution in [0.5, 0.6) is 5.75 Å². The van der Waals surface area contributed by atoms with Gasteiger partial charge in [0.05, 0.1) is 0 Å². The molecule has 4 aromatic carbocycles. The second kappa shape index (κ2) is 8.11. The number of hydrogen-bond acceptors (Lipinski definition) is 3. The van der Waals surface area contributed by atoms with Crippen molar-refractivity contribution in [3.05, 3.63) is 109 Å². The summed E-state index contributed by atoms with van der Waals surface area (Å²) in [5.74, 6) is 0.544. The molecular formula is C25H18N2O. The fourth-order valence-electron chi connectivity index (χ4n) is 3.17. The lowest BCUT2D eigenvalue weighted by Crippen LogP contribution is -2.09. The van der Waals surface area contributed by atoms with Crippen molar-refractivity contribution in [2.75, 3.05) is 4.90 Å². The van der Waals surface area contributed by atoms with E-state index in [1.54, 1.807) is 18.4 Å². The minimum absolute atomic E-state index is 0.544. The van der Waals surface area contributed by atoms with E-state index in [2.05, 4.69) is 53.4 Å². The fourth-order valence-corrected chi connectivity index (χ4v) is 3.17. The van der Waals surface area contributed by atoms with Gasteiger partial charge in [0, 0.05) is 17.1 Å². The van der Waals surface area contributed by atoms with Gasteiger partial charge in [0.2, 0.25) is 0 Å². The number of para-hydroxylation sites is 2. The number of nitriles is 1. The first-order valence-corrected chi connectivity index (χ1v) is 9.02. The van der Waals surface area contributed by atoms with Crippen LogP contribution in [0.3, 0.4) is 0 Å². The molecule has 0 aromatic heterocycles. The summed E-state index contributed by atoms with van der Waals surface area (Å²) >= 11 is 0. The Morgan fingerprint density at radius 3 is 1.43 bits per heavy atom. The molecule has 3 heteroatoms. The van der Waals surface area contributed by atoms with Crippen LogP contribution in [0.4, 0.5) is 17.1 Å². The monoisotopic (exact) mass is 362 g/mol. The summed E-state index contributed by atoms with van der Waals surface area (Å²) in [4.78, 5) is 2.23. The van der Waals surface area contributed by atoms with Crippen molar-refractivity contribution in [1.29, 1.82) is 5.26 Å². The summed E-state index contributed by atoms with van der Waals surface area (Å²) in [5.41, 5.74) is 5.49. The van der Waals surface area contributed by atoms with Gasteiger partial charge >= 0.3 is 0 Å². The smallest absolute Gasteiger partial charge is 0.292 e. The highest BCUT2D eigenvalue weighted by molar-refractivity contribution is 5.78. The second-order valence-corrected chi connectivity index (χ2v) is 6.27. The Kier molecular flexibility index (Phi) is 5.04. The van der Waals surface area contributed by atoms with Crippen molar-refractivity contribution in [1.82, 2.24) is 0 Å². The van der Waals surface area contributed by atoms with Crippen LogP contribution in [0.2, 0.25) is 0 Å². The van der Waals surface area contributed by atoms with Gasteiger partial charge in [0.25, 0.3) is 6.26 Å². The maximum absolute atomic E-state index is 8.60. The molecule has 0 radical (unpaired) electrons. The minimum Gasteiger partial charge on any atom is -0.388 e. The van der Waals surface area contributed by atoms with Crippen molar-refractivity contribution >= 4 is 17.1 Å². The van der Waals surface area contributed by atoms with Crippen LogP contribution >= 0.6 is 0 Å². The quantitative estimate of drug-likeness (QED) is 0.371. The largest absolute Gasteiger partial charge is 0.388 e. The van der Waals surface area contributed by atoms with E-state index < -0.39 is 0 Å². The third kappa shape index (κ3) is 3.72. The summed E-state index contributed by atoms with van der Waals surface area (Å²) in [5, 5.41) is 8.60. The second-order valence-electron chi connectivity index (χ2n) is 6.27. The van der Waals surface area contributed by atoms with Crippen molar-refractivity contribution in [2.45, 2.75) is 0 Å². The summed E-state index contributed by atoms with van der Waals surface area (Å²) in [6.45, 7) is 0. The maximum Gasteiger partial charge on any atom is 0.292 e. The first-order valence-electron chi connectivity index (χ1n) is 9.02. The molecule has 0 fully saturated rings. The lowest BCUT2D eigenvalue weighted by molar-refractivity contribution is 0.507. The minimum atomic E-state index is 0.544. The van der Waals surface area contributed by atoms with E-state index in [-0.39, 0.29) is 0 Å². The zero-order valence-electron chi connectivity index (χ0n) is 15.2. The SMILES string of the molecule is N#COc1ccc(-c2ccc(N(c3ccccc3)c3ccccc3)cc2)cc1. The predicted molar refractivity (Wildman–Crippen MR) is 113 cm³/mol. The van der Waals surface area contributed by atoms with Gasteiger partial charge in [-0.15, -0.1) is 5.26 Å². The van der Waals surface area contributed by atoms with Gasteiger partial charge in [-0.2, -0.15) is 0 Å². The van der Waals surface area contributed by atoms with E-state index in [1.165, 1.54) is 0 Å². The molecule has 0 aliphatic rings. The van der Waals surface area contributed by atoms with E-state index in [1.807, 2.05) is 48.5 Å². The lowest BCUT2D eigenvalue weighted by Gasteiger charge is -2.25. The maximum atomic E-state index is 8.60. The summed E-state index contributed by atoms with van der Waals surface area (Å²) < 4.78 is 4.84. The molecule has 0 heterocycles. The van der Waals surface area contributed by atoms with Crippen LogP contribution in [0.15, 0.2) is 109 Å². The highest BCUT2D eigenvalue weighted by atomic mass is 16.5. The topological polar surface area (TPSA) is 36.3 Å². The Bertz CT molecular complexity index is 1030. The van der Waals surface area contributed by atoms with Gasteiger partial charge in [-0.1, -0.05) is 60.7 Å². The molecule has 0 amide bonds. The Hall–Kier alpha value is -4.03. The number of ether oxygens (including phenoxy) is 1. The van der Waals surface area contributed by atoms with E-state index >= 15 is 0 Å². The Morgan fingerprint density at radius 2 is 0.964 bits per heavy atom. The lowest BCUT2D eigenvalue weighted by atomic mass is 10.0. The highest BCUT2D eigenvalue weighted by Gasteiger charge is 2.11. The van der Waals surface area contributed by atoms with Crippen molar-refractivity contribution in [3.8, 4) is 23.1 Å². The van der Waals surface area contributed by atoms with E-state index in [0.29, 0.717) is 5.75 Å². The van der Waals surface area contributed by atoms with Crippen LogP contribution in [-0.4, -0.2) is 0 Å². The standard InChI is InChI=1S/C25H18N2O/c26-19-28-25-17-13-21(14-18-25)20-11-15-24(16-12-20)27(22-7-3-1-4-8-22)23-9-5-2-6-10-23/h1-18H. The van der Waals surface area contributed by atoms with Crippen LogP contribution in [0.1, 0.15) is 0 Å². The third-order valence-electron chi connectivity index (χ3n) is 4.51. The van der Waals surface area contributed by atoms with Crippen LogP contribution < -0.4 is 9.64 Å². The third-order valence-corrected chi connectivity index (χ3v) is 4.51. The number of anilines is 3. The number of benzene rings is 4. The molecule has 4 aromatic rings. The molecule has 0 saturated carbocycles. The highest BCUT2D eigenvalue weighted by Crippen LogP contribution is 2.35. The fraction of sp³-hybridized carbons (Fsp3) is 0. The first-order chi connectivity index (χ1) is 13.8. The molecule has 134 valence electrons. The Morgan fingerprint density at radius 1 is 0.536 bits per heavy atom. The Balaban J connectivity index is 1.68. The summed E-state index contributed by atoms with van der Waals surface area (Å²) in [6.07, 6.45) is 1.69. The van der Waals surface area contributed by atoms with Gasteiger partial charge in [0.1, 0.15) is 5.75 Å². The van der Waals surface area contributed by atoms with E-state index in [9.17, 15) is 0 Å². The average molecular weight is 362 g/mol. The molecule has 0 bridgehead atoms. The molecule has 0 aliphatic heterocycles. The molecule has 4 rings (SSSR count). The Labute approximate surface area is 164 Å². The molecule has 0 aliphatic carbocycles. The predicted octanol–water partition coefficient (Wildman–Crippen LogP) is 6.68. The average Bonchev–Trinajstić information content (AvgIpc) is 2.77. The molecule has 3 nitrogen and oxygen atoms in total. The first kappa shape index (κ1) is 17.4. The van der Waals surface area contributed by atoms with Gasteiger partial charge in [-0.3, -0.25) is 0 Å². The number of nitrogens with zero attached hydrogens (tertiary/aromatic N) is 2. The van der Waals surface area contributed by atoms with Gasteiger partial charge < -0.3 is 9.64 Å². The van der Waals surface area contributed by atoms with Gasteiger partial charge in [-0.25, -0.2) is 0 Å². The molecule has 0 spiro atoms. The van der Waals surface area contributed by atoms with E-state index in [0.717, 1.165) is 28.2 Å². The number of rotatable bonds is 5. The molecule has 0 atom stereocenters. The molecule has 0 saturated heterocycles. The van der Waals surface area contributed by atoms with Crippen molar-refractivity contribution in [3.63, 3.8) is 0 Å². The van der Waals surface area contributed by atoms with Crippen LogP contribution in [0, 0.1) is 11.5 Å². The molecule has 28 heavy (non-hydrogen) atoms. The van der Waals surface area contributed by atoms with Crippen LogP contribution in [0.25, 0.3) is 11.1 Å². The van der Waals surface area contributed by atoms with Crippen molar-refractivity contribution < 1.29 is 4.74 Å². The van der Waals surface area contributed by atoms with Crippen molar-refractivity contribution in [2.24, 2.45) is 0 Å². The van der Waals surface area contributed by atoms with E-state index in [4.69, 9.17) is 10.00 Å². The molecular weight excluding hydrogens is 344 g/mol. The van der Waals surface area contributed by atoms with Crippen LogP contribution in [-0.2, 0) is 0 Å². The van der Waals surface area contributed by atoms with Gasteiger partial charge in [0.15, 0.2) is 0 Å². The summed E-state index contributed by atoms with van der Waals surface area (Å²) in [7, 11) is 0. The molecule has 0 N–H and O–H groups in total. The normalized spacial score (nSPS) is 10.1. The zero-order chi connectivity index (χ0) is 19.2. The zero-order valence-corrected chi connectivity index (χ0v) is 15.2. The van der Waals surface area contributed by atoms with Gasteiger partial charge in [-0.05, 0) is 59.7 Å². The number of hydrogen-bond donors (Lipinski definition) is 0. The summed E-state index contributed by atoms with van der Waals surface area (Å²) in [6, 6.07) is 36.6. The molecule has 0 unspecified atom stereocenters.